The Kier molecular flexibility index (Phi) is 9.37. The van der Waals surface area contributed by atoms with Gasteiger partial charge in [-0.2, -0.15) is 0 Å². The molecule has 0 fully saturated rings. The molecule has 1 atom stereocenters. The van der Waals surface area contributed by atoms with Crippen LogP contribution < -0.4 is 15.5 Å². The Bertz CT molecular complexity index is 1180. The van der Waals surface area contributed by atoms with Gasteiger partial charge in [-0.25, -0.2) is 5.48 Å². The molecule has 1 unspecified atom stereocenters. The second-order valence-electron chi connectivity index (χ2n) is 8.44. The number of hydrogen-bond donors (Lipinski definition) is 3. The lowest BCUT2D eigenvalue weighted by atomic mass is 9.96. The Labute approximate surface area is 216 Å². The summed E-state index contributed by atoms with van der Waals surface area (Å²) in [6, 6.07) is 24.3. The Morgan fingerprint density at radius 2 is 1.46 bits per heavy atom. The first-order valence-corrected chi connectivity index (χ1v) is 11.7. The van der Waals surface area contributed by atoms with Gasteiger partial charge in [-0.1, -0.05) is 54.6 Å². The fourth-order valence-corrected chi connectivity index (χ4v) is 3.69. The standard InChI is InChI=1S/C28H31N3O6/c1-28(26(33)29-2,27(34)30-35)31(3)25(32)23-11-9-21(10-12-23)22-13-15-24(16-14-22)37-18-17-36-19-20-7-5-4-6-8-20/h4-16,35H,17-19H2,1-3H3,(H,29,33)(H,30,34). The average molecular weight is 506 g/mol. The summed E-state index contributed by atoms with van der Waals surface area (Å²) in [4.78, 5) is 38.5. The van der Waals surface area contributed by atoms with E-state index in [-0.39, 0.29) is 5.56 Å². The van der Waals surface area contributed by atoms with Gasteiger partial charge < -0.3 is 19.7 Å². The highest BCUT2D eigenvalue weighted by Crippen LogP contribution is 2.24. The van der Waals surface area contributed by atoms with E-state index < -0.39 is 23.3 Å². The minimum Gasteiger partial charge on any atom is -0.491 e. The highest BCUT2D eigenvalue weighted by molar-refractivity contribution is 6.12. The molecule has 0 heterocycles. The quantitative estimate of drug-likeness (QED) is 0.160. The third kappa shape index (κ3) is 6.52. The van der Waals surface area contributed by atoms with Crippen molar-refractivity contribution in [3.8, 4) is 16.9 Å². The van der Waals surface area contributed by atoms with Crippen LogP contribution >= 0.6 is 0 Å². The van der Waals surface area contributed by atoms with Gasteiger partial charge in [0.1, 0.15) is 12.4 Å². The summed E-state index contributed by atoms with van der Waals surface area (Å²) < 4.78 is 11.4. The maximum Gasteiger partial charge on any atom is 0.278 e. The number of nitrogens with one attached hydrogen (secondary N) is 2. The predicted molar refractivity (Wildman–Crippen MR) is 138 cm³/mol. The van der Waals surface area contributed by atoms with Crippen LogP contribution in [0.3, 0.4) is 0 Å². The highest BCUT2D eigenvalue weighted by Gasteiger charge is 2.47. The van der Waals surface area contributed by atoms with E-state index in [1.807, 2.05) is 54.6 Å². The fourth-order valence-electron chi connectivity index (χ4n) is 3.69. The molecule has 9 heteroatoms. The van der Waals surface area contributed by atoms with Gasteiger partial charge in [-0.3, -0.25) is 19.6 Å². The molecule has 0 aliphatic heterocycles. The van der Waals surface area contributed by atoms with Crippen molar-refractivity contribution in [2.45, 2.75) is 19.1 Å². The van der Waals surface area contributed by atoms with Crippen molar-refractivity contribution in [1.29, 1.82) is 0 Å². The van der Waals surface area contributed by atoms with E-state index in [0.29, 0.717) is 19.8 Å². The summed E-state index contributed by atoms with van der Waals surface area (Å²) in [5, 5.41) is 11.4. The SMILES string of the molecule is CNC(=O)C(C)(C(=O)NO)N(C)C(=O)c1ccc(-c2ccc(OCCOCc3ccccc3)cc2)cc1. The summed E-state index contributed by atoms with van der Waals surface area (Å²) in [6.07, 6.45) is 0. The molecule has 0 saturated carbocycles. The number of hydrogen-bond acceptors (Lipinski definition) is 6. The smallest absolute Gasteiger partial charge is 0.278 e. The summed E-state index contributed by atoms with van der Waals surface area (Å²) in [6.45, 7) is 2.69. The van der Waals surface area contributed by atoms with Gasteiger partial charge in [0.25, 0.3) is 17.7 Å². The number of carbonyl (C=O) groups excluding carboxylic acids is 3. The predicted octanol–water partition coefficient (Wildman–Crippen LogP) is 3.03. The molecular formula is C28H31N3O6. The van der Waals surface area contributed by atoms with E-state index in [1.54, 1.807) is 24.3 Å². The first-order chi connectivity index (χ1) is 17.8. The number of amides is 3. The molecule has 0 aliphatic rings. The Morgan fingerprint density at radius 3 is 2.03 bits per heavy atom. The zero-order valence-corrected chi connectivity index (χ0v) is 21.1. The van der Waals surface area contributed by atoms with Crippen LogP contribution in [0.1, 0.15) is 22.8 Å². The zero-order valence-electron chi connectivity index (χ0n) is 21.1. The maximum atomic E-state index is 13.0. The summed E-state index contributed by atoms with van der Waals surface area (Å²) >= 11 is 0. The third-order valence-corrected chi connectivity index (χ3v) is 6.12. The maximum absolute atomic E-state index is 13.0. The molecule has 37 heavy (non-hydrogen) atoms. The van der Waals surface area contributed by atoms with Gasteiger partial charge >= 0.3 is 0 Å². The highest BCUT2D eigenvalue weighted by atomic mass is 16.5. The number of carbonyl (C=O) groups is 3. The Morgan fingerprint density at radius 1 is 0.865 bits per heavy atom. The molecule has 0 spiro atoms. The van der Waals surface area contributed by atoms with Crippen LogP contribution in [0, 0.1) is 0 Å². The molecule has 0 aliphatic carbocycles. The molecule has 9 nitrogen and oxygen atoms in total. The lowest BCUT2D eigenvalue weighted by Gasteiger charge is -2.34. The lowest BCUT2D eigenvalue weighted by Crippen LogP contribution is -2.64. The van der Waals surface area contributed by atoms with Gasteiger partial charge in [0.05, 0.1) is 13.2 Å². The molecule has 0 saturated heterocycles. The Balaban J connectivity index is 1.58. The first-order valence-electron chi connectivity index (χ1n) is 11.7. The van der Waals surface area contributed by atoms with Gasteiger partial charge in [0.2, 0.25) is 0 Å². The summed E-state index contributed by atoms with van der Waals surface area (Å²) in [5.74, 6) is -1.60. The topological polar surface area (TPSA) is 117 Å². The Hall–Kier alpha value is -4.21. The van der Waals surface area contributed by atoms with Crippen LogP contribution in [-0.4, -0.2) is 60.7 Å². The molecule has 3 N–H and O–H groups in total. The van der Waals surface area contributed by atoms with Crippen LogP contribution in [0.25, 0.3) is 11.1 Å². The van der Waals surface area contributed by atoms with Crippen LogP contribution in [0.5, 0.6) is 5.75 Å². The molecule has 0 aromatic heterocycles. The first kappa shape index (κ1) is 27.4. The average Bonchev–Trinajstić information content (AvgIpc) is 2.95. The minimum atomic E-state index is -1.94. The molecule has 0 radical (unpaired) electrons. The fraction of sp³-hybridized carbons (Fsp3) is 0.250. The molecule has 0 bridgehead atoms. The van der Waals surface area contributed by atoms with E-state index in [0.717, 1.165) is 27.3 Å². The van der Waals surface area contributed by atoms with Crippen LogP contribution in [-0.2, 0) is 20.9 Å². The van der Waals surface area contributed by atoms with Crippen molar-refractivity contribution in [3.63, 3.8) is 0 Å². The lowest BCUT2D eigenvalue weighted by molar-refractivity contribution is -0.148. The van der Waals surface area contributed by atoms with Crippen molar-refractivity contribution in [2.24, 2.45) is 0 Å². The molecule has 3 rings (SSSR count). The molecule has 194 valence electrons. The zero-order chi connectivity index (χ0) is 26.8. The van der Waals surface area contributed by atoms with E-state index in [2.05, 4.69) is 5.32 Å². The number of hydroxylamine groups is 1. The second-order valence-corrected chi connectivity index (χ2v) is 8.44. The third-order valence-electron chi connectivity index (χ3n) is 6.12. The van der Waals surface area contributed by atoms with Crippen LogP contribution in [0.2, 0.25) is 0 Å². The van der Waals surface area contributed by atoms with Crippen molar-refractivity contribution < 1.29 is 29.1 Å². The van der Waals surface area contributed by atoms with Crippen LogP contribution in [0.15, 0.2) is 78.9 Å². The number of ether oxygens (including phenoxy) is 2. The van der Waals surface area contributed by atoms with E-state index >= 15 is 0 Å². The number of rotatable bonds is 11. The van der Waals surface area contributed by atoms with E-state index in [9.17, 15) is 14.4 Å². The normalized spacial score (nSPS) is 12.2. The van der Waals surface area contributed by atoms with E-state index in [4.69, 9.17) is 14.7 Å². The van der Waals surface area contributed by atoms with Crippen molar-refractivity contribution >= 4 is 17.7 Å². The minimum absolute atomic E-state index is 0.280. The van der Waals surface area contributed by atoms with Gasteiger partial charge in [-0.15, -0.1) is 0 Å². The summed E-state index contributed by atoms with van der Waals surface area (Å²) in [7, 11) is 2.67. The molecule has 3 amide bonds. The van der Waals surface area contributed by atoms with Crippen molar-refractivity contribution in [2.75, 3.05) is 27.3 Å². The molecule has 3 aromatic carbocycles. The number of nitrogens with zero attached hydrogens (tertiary/aromatic N) is 1. The molecule has 3 aromatic rings. The number of benzene rings is 3. The second kappa shape index (κ2) is 12.7. The van der Waals surface area contributed by atoms with Gasteiger partial charge in [-0.05, 0) is 47.9 Å². The van der Waals surface area contributed by atoms with E-state index in [1.165, 1.54) is 26.5 Å². The van der Waals surface area contributed by atoms with Crippen molar-refractivity contribution in [3.05, 3.63) is 90.0 Å². The van der Waals surface area contributed by atoms with Gasteiger partial charge in [0.15, 0.2) is 5.54 Å². The van der Waals surface area contributed by atoms with Gasteiger partial charge in [0, 0.05) is 19.7 Å². The monoisotopic (exact) mass is 505 g/mol. The van der Waals surface area contributed by atoms with Crippen molar-refractivity contribution in [1.82, 2.24) is 15.7 Å². The van der Waals surface area contributed by atoms with Crippen LogP contribution in [0.4, 0.5) is 0 Å². The number of likely N-dealkylation sites (N-methyl/N-ethyl adjacent to an activating group) is 2. The molecular weight excluding hydrogens is 474 g/mol. The largest absolute Gasteiger partial charge is 0.491 e. The summed E-state index contributed by atoms with van der Waals surface area (Å²) in [5.41, 5.74) is 2.71.